The van der Waals surface area contributed by atoms with Crippen LogP contribution in [-0.2, 0) is 4.79 Å². The van der Waals surface area contributed by atoms with Gasteiger partial charge in [0.25, 0.3) is 0 Å². The summed E-state index contributed by atoms with van der Waals surface area (Å²) in [5, 5.41) is 29.3. The van der Waals surface area contributed by atoms with Crippen molar-refractivity contribution in [2.75, 3.05) is 13.1 Å². The molecule has 1 aromatic rings. The molecular formula is C20H15F2N5O. The molecule has 0 radical (unpaired) electrons. The third kappa shape index (κ3) is 2.61. The van der Waals surface area contributed by atoms with Gasteiger partial charge in [-0.05, 0) is 17.2 Å². The summed E-state index contributed by atoms with van der Waals surface area (Å²) in [6, 6.07) is 8.55. The maximum atomic E-state index is 14.7. The van der Waals surface area contributed by atoms with Gasteiger partial charge < -0.3 is 10.6 Å². The fourth-order valence-corrected chi connectivity index (χ4v) is 4.03. The summed E-state index contributed by atoms with van der Waals surface area (Å²) < 4.78 is 28.1. The van der Waals surface area contributed by atoms with Gasteiger partial charge >= 0.3 is 0 Å². The highest BCUT2D eigenvalue weighted by Gasteiger charge is 2.55. The molecule has 28 heavy (non-hydrogen) atoms. The second-order valence-corrected chi connectivity index (χ2v) is 6.77. The number of allylic oxidation sites excluding steroid dienone is 2. The van der Waals surface area contributed by atoms with Gasteiger partial charge in [-0.15, -0.1) is 0 Å². The van der Waals surface area contributed by atoms with Crippen molar-refractivity contribution in [3.05, 3.63) is 58.3 Å². The lowest BCUT2D eigenvalue weighted by atomic mass is 9.58. The van der Waals surface area contributed by atoms with Gasteiger partial charge in [-0.25, -0.2) is 8.78 Å². The molecule has 0 aromatic heterocycles. The van der Waals surface area contributed by atoms with Crippen LogP contribution < -0.4 is 5.73 Å². The van der Waals surface area contributed by atoms with Crippen molar-refractivity contribution >= 4 is 5.91 Å². The van der Waals surface area contributed by atoms with Crippen molar-refractivity contribution in [2.45, 2.75) is 12.8 Å². The van der Waals surface area contributed by atoms with Crippen LogP contribution in [0.15, 0.2) is 41.1 Å². The molecule has 1 aromatic carbocycles. The van der Waals surface area contributed by atoms with E-state index in [0.717, 1.165) is 6.07 Å². The first-order valence-electron chi connectivity index (χ1n) is 8.44. The van der Waals surface area contributed by atoms with Gasteiger partial charge in [-0.1, -0.05) is 12.1 Å². The van der Waals surface area contributed by atoms with Gasteiger partial charge in [0, 0.05) is 37.9 Å². The number of halogens is 2. The Labute approximate surface area is 160 Å². The number of carbonyl (C=O) groups excluding carboxylic acids is 1. The number of rotatable bonds is 1. The van der Waals surface area contributed by atoms with Crippen LogP contribution in [-0.4, -0.2) is 23.9 Å². The van der Waals surface area contributed by atoms with E-state index in [1.165, 1.54) is 17.9 Å². The molecule has 0 saturated carbocycles. The average molecular weight is 379 g/mol. The third-order valence-electron chi connectivity index (χ3n) is 5.41. The van der Waals surface area contributed by atoms with E-state index in [0.29, 0.717) is 11.6 Å². The molecule has 1 aliphatic carbocycles. The SMILES string of the molecule is CC(=O)N1CC=C2C(C#N)=C(N)C(C#N)(C#N)C(c3ccc(F)cc3F)C2C1. The fourth-order valence-electron chi connectivity index (χ4n) is 4.03. The van der Waals surface area contributed by atoms with Crippen molar-refractivity contribution in [2.24, 2.45) is 17.1 Å². The molecule has 1 heterocycles. The number of hydrogen-bond donors (Lipinski definition) is 1. The van der Waals surface area contributed by atoms with Crippen LogP contribution in [0, 0.1) is 57.0 Å². The Hall–Kier alpha value is -3.70. The minimum atomic E-state index is -2.04. The van der Waals surface area contributed by atoms with Crippen LogP contribution in [0.3, 0.4) is 0 Å². The highest BCUT2D eigenvalue weighted by atomic mass is 19.1. The third-order valence-corrected chi connectivity index (χ3v) is 5.41. The molecule has 2 unspecified atom stereocenters. The van der Waals surface area contributed by atoms with Crippen LogP contribution in [0.2, 0.25) is 0 Å². The van der Waals surface area contributed by atoms with Gasteiger partial charge in [-0.2, -0.15) is 15.8 Å². The Morgan fingerprint density at radius 1 is 1.29 bits per heavy atom. The molecule has 1 amide bonds. The Morgan fingerprint density at radius 3 is 2.50 bits per heavy atom. The summed E-state index contributed by atoms with van der Waals surface area (Å²) >= 11 is 0. The van der Waals surface area contributed by atoms with Gasteiger partial charge in [0.2, 0.25) is 5.91 Å². The van der Waals surface area contributed by atoms with Crippen LogP contribution in [0.25, 0.3) is 0 Å². The largest absolute Gasteiger partial charge is 0.399 e. The molecule has 2 aliphatic rings. The van der Waals surface area contributed by atoms with Crippen LogP contribution in [0.4, 0.5) is 8.78 Å². The predicted molar refractivity (Wildman–Crippen MR) is 93.4 cm³/mol. The molecule has 0 saturated heterocycles. The number of fused-ring (bicyclic) bond motifs is 1. The van der Waals surface area contributed by atoms with Crippen molar-refractivity contribution in [1.82, 2.24) is 4.90 Å². The van der Waals surface area contributed by atoms with Crippen LogP contribution in [0.5, 0.6) is 0 Å². The monoisotopic (exact) mass is 379 g/mol. The molecule has 1 aliphatic heterocycles. The zero-order valence-corrected chi connectivity index (χ0v) is 14.9. The molecule has 0 bridgehead atoms. The van der Waals surface area contributed by atoms with Crippen molar-refractivity contribution in [3.8, 4) is 18.2 Å². The molecule has 3 rings (SSSR count). The lowest BCUT2D eigenvalue weighted by Crippen LogP contribution is -2.49. The maximum absolute atomic E-state index is 14.7. The molecule has 140 valence electrons. The highest BCUT2D eigenvalue weighted by molar-refractivity contribution is 5.74. The van der Waals surface area contributed by atoms with Crippen LogP contribution >= 0.6 is 0 Å². The molecular weight excluding hydrogens is 364 g/mol. The predicted octanol–water partition coefficient (Wildman–Crippen LogP) is 2.24. The zero-order chi connectivity index (χ0) is 20.6. The van der Waals surface area contributed by atoms with E-state index in [-0.39, 0.29) is 35.8 Å². The summed E-state index contributed by atoms with van der Waals surface area (Å²) in [4.78, 5) is 13.4. The Morgan fingerprint density at radius 2 is 1.96 bits per heavy atom. The van der Waals surface area contributed by atoms with E-state index in [2.05, 4.69) is 0 Å². The fraction of sp³-hybridized carbons (Fsp3) is 0.300. The van der Waals surface area contributed by atoms with Crippen LogP contribution in [0.1, 0.15) is 18.4 Å². The van der Waals surface area contributed by atoms with Crippen molar-refractivity contribution in [3.63, 3.8) is 0 Å². The number of amides is 1. The first kappa shape index (κ1) is 19.1. The summed E-state index contributed by atoms with van der Waals surface area (Å²) in [5.74, 6) is -3.81. The number of carbonyl (C=O) groups is 1. The van der Waals surface area contributed by atoms with E-state index in [4.69, 9.17) is 5.73 Å². The number of hydrogen-bond acceptors (Lipinski definition) is 5. The van der Waals surface area contributed by atoms with Gasteiger partial charge in [0.1, 0.15) is 17.7 Å². The Kier molecular flexibility index (Phi) is 4.63. The summed E-state index contributed by atoms with van der Waals surface area (Å²) in [6.45, 7) is 1.67. The second-order valence-electron chi connectivity index (χ2n) is 6.77. The second kappa shape index (κ2) is 6.79. The highest BCUT2D eigenvalue weighted by Crippen LogP contribution is 2.54. The topological polar surface area (TPSA) is 118 Å². The molecule has 6 nitrogen and oxygen atoms in total. The zero-order valence-electron chi connectivity index (χ0n) is 14.9. The smallest absolute Gasteiger partial charge is 0.219 e. The lowest BCUT2D eigenvalue weighted by molar-refractivity contribution is -0.129. The first-order chi connectivity index (χ1) is 13.3. The summed E-state index contributed by atoms with van der Waals surface area (Å²) in [7, 11) is 0. The van der Waals surface area contributed by atoms with E-state index in [1.54, 1.807) is 6.08 Å². The minimum absolute atomic E-state index is 0.00456. The number of nitrogens with zero attached hydrogens (tertiary/aromatic N) is 4. The lowest BCUT2D eigenvalue weighted by Gasteiger charge is -2.45. The van der Waals surface area contributed by atoms with Gasteiger partial charge in [0.15, 0.2) is 5.41 Å². The van der Waals surface area contributed by atoms with E-state index in [1.807, 2.05) is 18.2 Å². The molecule has 2 atom stereocenters. The van der Waals surface area contributed by atoms with Gasteiger partial charge in [0.05, 0.1) is 23.4 Å². The summed E-state index contributed by atoms with van der Waals surface area (Å²) in [6.07, 6.45) is 1.63. The molecule has 0 fully saturated rings. The quantitative estimate of drug-likeness (QED) is 0.803. The van der Waals surface area contributed by atoms with Crippen molar-refractivity contribution in [1.29, 1.82) is 15.8 Å². The Balaban J connectivity index is 2.35. The first-order valence-corrected chi connectivity index (χ1v) is 8.44. The Bertz CT molecular complexity index is 1040. The van der Waals surface area contributed by atoms with Crippen molar-refractivity contribution < 1.29 is 13.6 Å². The summed E-state index contributed by atoms with van der Waals surface area (Å²) in [5.41, 5.74) is 4.20. The maximum Gasteiger partial charge on any atom is 0.219 e. The number of benzene rings is 1. The standard InChI is InChI=1S/C20H15F2N5O/c1-11(28)27-5-4-13-15(7-23)19(26)20(9-24,10-25)18(16(13)8-27)14-3-2-12(21)6-17(14)22/h2-4,6,16,18H,5,8,26H2,1H3. The van der Waals surface area contributed by atoms with E-state index in [9.17, 15) is 29.4 Å². The minimum Gasteiger partial charge on any atom is -0.399 e. The molecule has 2 N–H and O–H groups in total. The van der Waals surface area contributed by atoms with E-state index < -0.39 is 28.9 Å². The number of nitriles is 3. The average Bonchev–Trinajstić information content (AvgIpc) is 2.67. The normalized spacial score (nSPS) is 23.0. The van der Waals surface area contributed by atoms with E-state index >= 15 is 0 Å². The molecule has 0 spiro atoms. The van der Waals surface area contributed by atoms with Gasteiger partial charge in [-0.3, -0.25) is 4.79 Å². The molecule has 8 heteroatoms. The number of nitrogens with two attached hydrogens (primary N) is 1.